The van der Waals surface area contributed by atoms with Gasteiger partial charge in [0.25, 0.3) is 0 Å². The standard InChI is InChI=1S/C20H24N2O4S/c1-13-5-6-15(19(23)25-4)11-18(13)22-20(27)21-14(2)12-26-17-9-7-16(24-3)8-10-17/h5-11,14H,12H2,1-4H3,(H2,21,22,27). The number of rotatable bonds is 7. The van der Waals surface area contributed by atoms with Crippen molar-refractivity contribution in [2.75, 3.05) is 26.1 Å². The van der Waals surface area contributed by atoms with Crippen LogP contribution in [0.5, 0.6) is 11.5 Å². The van der Waals surface area contributed by atoms with E-state index in [2.05, 4.69) is 10.6 Å². The molecule has 0 bridgehead atoms. The number of carbonyl (C=O) groups excluding carboxylic acids is 1. The summed E-state index contributed by atoms with van der Waals surface area (Å²) in [6.45, 7) is 4.34. The maximum absolute atomic E-state index is 11.7. The van der Waals surface area contributed by atoms with Crippen molar-refractivity contribution in [3.05, 3.63) is 53.6 Å². The number of anilines is 1. The number of ether oxygens (including phenoxy) is 3. The molecule has 2 aromatic rings. The van der Waals surface area contributed by atoms with Gasteiger partial charge in [-0.1, -0.05) is 6.07 Å². The Morgan fingerprint density at radius 1 is 1.11 bits per heavy atom. The molecule has 27 heavy (non-hydrogen) atoms. The van der Waals surface area contributed by atoms with Gasteiger partial charge < -0.3 is 24.8 Å². The lowest BCUT2D eigenvalue weighted by atomic mass is 10.1. The number of hydrogen-bond donors (Lipinski definition) is 2. The topological polar surface area (TPSA) is 68.8 Å². The van der Waals surface area contributed by atoms with Gasteiger partial charge in [0.15, 0.2) is 5.11 Å². The molecule has 2 aromatic carbocycles. The summed E-state index contributed by atoms with van der Waals surface area (Å²) in [5.41, 5.74) is 2.18. The molecule has 0 radical (unpaired) electrons. The molecular formula is C20H24N2O4S. The second-order valence-corrected chi connectivity index (χ2v) is 6.42. The van der Waals surface area contributed by atoms with Crippen molar-refractivity contribution >= 4 is 29.0 Å². The molecule has 0 amide bonds. The largest absolute Gasteiger partial charge is 0.497 e. The van der Waals surface area contributed by atoms with E-state index >= 15 is 0 Å². The summed E-state index contributed by atoms with van der Waals surface area (Å²) in [5, 5.41) is 6.73. The van der Waals surface area contributed by atoms with Gasteiger partial charge in [0.05, 0.1) is 25.8 Å². The number of hydrogen-bond acceptors (Lipinski definition) is 5. The average Bonchev–Trinajstić information content (AvgIpc) is 2.67. The van der Waals surface area contributed by atoms with Gasteiger partial charge in [-0.25, -0.2) is 4.79 Å². The Kier molecular flexibility index (Phi) is 7.43. The van der Waals surface area contributed by atoms with E-state index in [1.54, 1.807) is 19.2 Å². The van der Waals surface area contributed by atoms with Gasteiger partial charge in [-0.15, -0.1) is 0 Å². The summed E-state index contributed by atoms with van der Waals surface area (Å²) in [6.07, 6.45) is 0. The highest BCUT2D eigenvalue weighted by atomic mass is 32.1. The Hall–Kier alpha value is -2.80. The zero-order chi connectivity index (χ0) is 19.8. The van der Waals surface area contributed by atoms with Crippen molar-refractivity contribution in [2.24, 2.45) is 0 Å². The summed E-state index contributed by atoms with van der Waals surface area (Å²) in [7, 11) is 2.98. The van der Waals surface area contributed by atoms with E-state index in [0.717, 1.165) is 22.7 Å². The molecular weight excluding hydrogens is 364 g/mol. The number of thiocarbonyl (C=S) groups is 1. The Morgan fingerprint density at radius 2 is 1.78 bits per heavy atom. The van der Waals surface area contributed by atoms with E-state index in [1.807, 2.05) is 44.2 Å². The van der Waals surface area contributed by atoms with Gasteiger partial charge in [0.1, 0.15) is 18.1 Å². The molecule has 1 atom stereocenters. The molecule has 0 aliphatic heterocycles. The minimum Gasteiger partial charge on any atom is -0.497 e. The van der Waals surface area contributed by atoms with Crippen LogP contribution in [-0.4, -0.2) is 38.0 Å². The van der Waals surface area contributed by atoms with Crippen LogP contribution in [0.2, 0.25) is 0 Å². The van der Waals surface area contributed by atoms with Crippen LogP contribution in [0.3, 0.4) is 0 Å². The molecule has 0 saturated carbocycles. The Balaban J connectivity index is 1.88. The second-order valence-electron chi connectivity index (χ2n) is 6.01. The lowest BCUT2D eigenvalue weighted by molar-refractivity contribution is 0.0601. The van der Waals surface area contributed by atoms with Crippen LogP contribution in [-0.2, 0) is 4.74 Å². The second kappa shape index (κ2) is 9.78. The first kappa shape index (κ1) is 20.5. The molecule has 144 valence electrons. The molecule has 0 heterocycles. The first-order valence-corrected chi connectivity index (χ1v) is 8.87. The lowest BCUT2D eigenvalue weighted by Crippen LogP contribution is -2.39. The highest BCUT2D eigenvalue weighted by Gasteiger charge is 2.10. The van der Waals surface area contributed by atoms with Crippen LogP contribution in [0, 0.1) is 6.92 Å². The molecule has 0 fully saturated rings. The molecule has 1 unspecified atom stereocenters. The van der Waals surface area contributed by atoms with Crippen molar-refractivity contribution < 1.29 is 19.0 Å². The van der Waals surface area contributed by atoms with E-state index < -0.39 is 5.97 Å². The van der Waals surface area contributed by atoms with Gasteiger partial charge in [0.2, 0.25) is 0 Å². The first-order valence-electron chi connectivity index (χ1n) is 8.46. The van der Waals surface area contributed by atoms with Crippen molar-refractivity contribution in [3.63, 3.8) is 0 Å². The third-order valence-corrected chi connectivity index (χ3v) is 4.06. The number of benzene rings is 2. The average molecular weight is 388 g/mol. The van der Waals surface area contributed by atoms with E-state index in [9.17, 15) is 4.79 Å². The van der Waals surface area contributed by atoms with E-state index in [1.165, 1.54) is 7.11 Å². The minimum atomic E-state index is -0.391. The number of nitrogens with one attached hydrogen (secondary N) is 2. The fourth-order valence-corrected chi connectivity index (χ4v) is 2.63. The summed E-state index contributed by atoms with van der Waals surface area (Å²) in [6, 6.07) is 12.6. The van der Waals surface area contributed by atoms with E-state index in [-0.39, 0.29) is 6.04 Å². The highest BCUT2D eigenvalue weighted by Crippen LogP contribution is 2.18. The molecule has 0 aliphatic rings. The Bertz CT molecular complexity index is 793. The van der Waals surface area contributed by atoms with Crippen molar-refractivity contribution in [3.8, 4) is 11.5 Å². The van der Waals surface area contributed by atoms with Crippen molar-refractivity contribution in [1.29, 1.82) is 0 Å². The number of carbonyl (C=O) groups is 1. The van der Waals surface area contributed by atoms with Crippen LogP contribution in [0.1, 0.15) is 22.8 Å². The maximum Gasteiger partial charge on any atom is 0.337 e. The lowest BCUT2D eigenvalue weighted by Gasteiger charge is -2.19. The molecule has 2 N–H and O–H groups in total. The summed E-state index contributed by atoms with van der Waals surface area (Å²) >= 11 is 5.36. The zero-order valence-electron chi connectivity index (χ0n) is 15.9. The third kappa shape index (κ3) is 6.14. The quantitative estimate of drug-likeness (QED) is 0.555. The van der Waals surface area contributed by atoms with Gasteiger partial charge >= 0.3 is 5.97 Å². The van der Waals surface area contributed by atoms with Crippen LogP contribution < -0.4 is 20.1 Å². The van der Waals surface area contributed by atoms with Crippen LogP contribution in [0.4, 0.5) is 5.69 Å². The zero-order valence-corrected chi connectivity index (χ0v) is 16.7. The third-order valence-electron chi connectivity index (χ3n) is 3.84. The van der Waals surface area contributed by atoms with Gasteiger partial charge in [-0.05, 0) is 68.0 Å². The molecule has 7 heteroatoms. The van der Waals surface area contributed by atoms with Crippen LogP contribution in [0.15, 0.2) is 42.5 Å². The molecule has 0 saturated heterocycles. The minimum absolute atomic E-state index is 0.0174. The Labute approximate surface area is 164 Å². The Morgan fingerprint density at radius 3 is 2.41 bits per heavy atom. The normalized spacial score (nSPS) is 11.3. The van der Waals surface area contributed by atoms with E-state index in [4.69, 9.17) is 26.4 Å². The predicted octanol–water partition coefficient (Wildman–Crippen LogP) is 3.54. The van der Waals surface area contributed by atoms with E-state index in [0.29, 0.717) is 17.3 Å². The number of methoxy groups -OCH3 is 2. The molecule has 0 spiro atoms. The maximum atomic E-state index is 11.7. The van der Waals surface area contributed by atoms with Gasteiger partial charge in [-0.2, -0.15) is 0 Å². The monoisotopic (exact) mass is 388 g/mol. The summed E-state index contributed by atoms with van der Waals surface area (Å²) in [5.74, 6) is 1.14. The fourth-order valence-electron chi connectivity index (χ4n) is 2.32. The van der Waals surface area contributed by atoms with Gasteiger partial charge in [0, 0.05) is 5.69 Å². The fraction of sp³-hybridized carbons (Fsp3) is 0.300. The summed E-state index contributed by atoms with van der Waals surface area (Å²) in [4.78, 5) is 11.7. The van der Waals surface area contributed by atoms with Crippen molar-refractivity contribution in [1.82, 2.24) is 5.32 Å². The molecule has 6 nitrogen and oxygen atoms in total. The molecule has 0 aliphatic carbocycles. The van der Waals surface area contributed by atoms with Crippen molar-refractivity contribution in [2.45, 2.75) is 19.9 Å². The van der Waals surface area contributed by atoms with Crippen LogP contribution >= 0.6 is 12.2 Å². The number of esters is 1. The molecule has 0 aromatic heterocycles. The number of aryl methyl sites for hydroxylation is 1. The predicted molar refractivity (Wildman–Crippen MR) is 110 cm³/mol. The smallest absolute Gasteiger partial charge is 0.337 e. The first-order chi connectivity index (χ1) is 12.9. The molecule has 2 rings (SSSR count). The van der Waals surface area contributed by atoms with Crippen LogP contribution in [0.25, 0.3) is 0 Å². The highest BCUT2D eigenvalue weighted by molar-refractivity contribution is 7.80. The summed E-state index contributed by atoms with van der Waals surface area (Å²) < 4.78 is 15.6. The van der Waals surface area contributed by atoms with Gasteiger partial charge in [-0.3, -0.25) is 0 Å². The SMILES string of the molecule is COC(=O)c1ccc(C)c(NC(=S)NC(C)COc2ccc(OC)cc2)c1.